The summed E-state index contributed by atoms with van der Waals surface area (Å²) in [6, 6.07) is 7.31. The lowest BCUT2D eigenvalue weighted by Gasteiger charge is -2.16. The van der Waals surface area contributed by atoms with E-state index in [1.165, 1.54) is 0 Å². The molecule has 0 radical (unpaired) electrons. The van der Waals surface area contributed by atoms with Crippen LogP contribution >= 0.6 is 0 Å². The molecular weight excluding hydrogens is 258 g/mol. The van der Waals surface area contributed by atoms with E-state index in [1.807, 2.05) is 31.2 Å². The SMILES string of the molecule is CCOc1ccc(CC(=O)NC(CCO)COC)cc1. The Hall–Kier alpha value is -1.59. The van der Waals surface area contributed by atoms with Gasteiger partial charge < -0.3 is 19.9 Å². The van der Waals surface area contributed by atoms with Crippen molar-refractivity contribution in [1.29, 1.82) is 0 Å². The number of benzene rings is 1. The molecule has 0 bridgehead atoms. The van der Waals surface area contributed by atoms with Crippen LogP contribution in [0.5, 0.6) is 5.75 Å². The van der Waals surface area contributed by atoms with Crippen LogP contribution < -0.4 is 10.1 Å². The first-order valence-corrected chi connectivity index (χ1v) is 6.80. The van der Waals surface area contributed by atoms with Gasteiger partial charge in [-0.3, -0.25) is 4.79 Å². The fourth-order valence-electron chi connectivity index (χ4n) is 1.89. The van der Waals surface area contributed by atoms with E-state index >= 15 is 0 Å². The molecule has 0 heterocycles. The highest BCUT2D eigenvalue weighted by Crippen LogP contribution is 2.12. The summed E-state index contributed by atoms with van der Waals surface area (Å²) in [6.07, 6.45) is 0.793. The van der Waals surface area contributed by atoms with Crippen molar-refractivity contribution in [3.8, 4) is 5.75 Å². The molecule has 0 saturated carbocycles. The van der Waals surface area contributed by atoms with Crippen molar-refractivity contribution in [1.82, 2.24) is 5.32 Å². The van der Waals surface area contributed by atoms with E-state index in [9.17, 15) is 4.79 Å². The molecule has 5 nitrogen and oxygen atoms in total. The van der Waals surface area contributed by atoms with Gasteiger partial charge in [0.15, 0.2) is 0 Å². The number of ether oxygens (including phenoxy) is 2. The molecular formula is C15H23NO4. The van der Waals surface area contributed by atoms with Crippen LogP contribution in [0.15, 0.2) is 24.3 Å². The fraction of sp³-hybridized carbons (Fsp3) is 0.533. The van der Waals surface area contributed by atoms with Crippen LogP contribution in [-0.4, -0.2) is 44.0 Å². The van der Waals surface area contributed by atoms with Crippen LogP contribution in [0.1, 0.15) is 18.9 Å². The largest absolute Gasteiger partial charge is 0.494 e. The third-order valence-electron chi connectivity index (χ3n) is 2.81. The Balaban J connectivity index is 2.47. The highest BCUT2D eigenvalue weighted by atomic mass is 16.5. The van der Waals surface area contributed by atoms with E-state index in [1.54, 1.807) is 7.11 Å². The fourth-order valence-corrected chi connectivity index (χ4v) is 1.89. The molecule has 0 aromatic heterocycles. The van der Waals surface area contributed by atoms with Gasteiger partial charge in [-0.25, -0.2) is 0 Å². The van der Waals surface area contributed by atoms with Crippen LogP contribution in [0.3, 0.4) is 0 Å². The highest BCUT2D eigenvalue weighted by Gasteiger charge is 2.12. The van der Waals surface area contributed by atoms with Crippen molar-refractivity contribution in [3.63, 3.8) is 0 Å². The summed E-state index contributed by atoms with van der Waals surface area (Å²) in [6.45, 7) is 2.98. The van der Waals surface area contributed by atoms with E-state index in [-0.39, 0.29) is 18.6 Å². The van der Waals surface area contributed by atoms with E-state index in [0.29, 0.717) is 26.1 Å². The zero-order chi connectivity index (χ0) is 14.8. The predicted octanol–water partition coefficient (Wildman–Crippen LogP) is 1.14. The van der Waals surface area contributed by atoms with Gasteiger partial charge in [0, 0.05) is 13.7 Å². The lowest BCUT2D eigenvalue weighted by Crippen LogP contribution is -2.39. The Kier molecular flexibility index (Phi) is 7.69. The molecule has 0 aliphatic carbocycles. The molecule has 0 aliphatic heterocycles. The molecule has 1 rings (SSSR count). The first-order chi connectivity index (χ1) is 9.69. The van der Waals surface area contributed by atoms with Crippen molar-refractivity contribution in [2.75, 3.05) is 26.9 Å². The highest BCUT2D eigenvalue weighted by molar-refractivity contribution is 5.78. The Bertz CT molecular complexity index is 385. The number of amides is 1. The summed E-state index contributed by atoms with van der Waals surface area (Å²) in [7, 11) is 1.57. The van der Waals surface area contributed by atoms with Crippen molar-refractivity contribution >= 4 is 5.91 Å². The molecule has 1 aromatic carbocycles. The first kappa shape index (κ1) is 16.5. The summed E-state index contributed by atoms with van der Waals surface area (Å²) < 4.78 is 10.4. The molecule has 2 N–H and O–H groups in total. The third-order valence-corrected chi connectivity index (χ3v) is 2.81. The smallest absolute Gasteiger partial charge is 0.224 e. The van der Waals surface area contributed by atoms with Gasteiger partial charge in [-0.15, -0.1) is 0 Å². The summed E-state index contributed by atoms with van der Waals surface area (Å²) in [5, 5.41) is 11.8. The average molecular weight is 281 g/mol. The molecule has 20 heavy (non-hydrogen) atoms. The number of hydrogen-bond acceptors (Lipinski definition) is 4. The third kappa shape index (κ3) is 6.04. The quantitative estimate of drug-likeness (QED) is 0.712. The Labute approximate surface area is 119 Å². The summed E-state index contributed by atoms with van der Waals surface area (Å²) in [5.74, 6) is 0.721. The van der Waals surface area contributed by atoms with Gasteiger partial charge in [0.1, 0.15) is 5.75 Å². The molecule has 1 atom stereocenters. The molecule has 0 aliphatic rings. The van der Waals surface area contributed by atoms with Crippen LogP contribution in [0.4, 0.5) is 0 Å². The predicted molar refractivity (Wildman–Crippen MR) is 76.8 cm³/mol. The van der Waals surface area contributed by atoms with Gasteiger partial charge in [0.05, 0.1) is 25.7 Å². The van der Waals surface area contributed by atoms with Gasteiger partial charge in [-0.1, -0.05) is 12.1 Å². The number of rotatable bonds is 9. The second-order valence-electron chi connectivity index (χ2n) is 4.49. The summed E-state index contributed by atoms with van der Waals surface area (Å²) in [4.78, 5) is 11.9. The van der Waals surface area contributed by atoms with Gasteiger partial charge in [0.25, 0.3) is 0 Å². The molecule has 112 valence electrons. The van der Waals surface area contributed by atoms with Gasteiger partial charge in [-0.05, 0) is 31.0 Å². The van der Waals surface area contributed by atoms with Crippen LogP contribution in [0.25, 0.3) is 0 Å². The topological polar surface area (TPSA) is 67.8 Å². The molecule has 0 saturated heterocycles. The Morgan fingerprint density at radius 1 is 1.35 bits per heavy atom. The van der Waals surface area contributed by atoms with Crippen molar-refractivity contribution in [2.45, 2.75) is 25.8 Å². The molecule has 1 unspecified atom stereocenters. The molecule has 0 spiro atoms. The van der Waals surface area contributed by atoms with Gasteiger partial charge >= 0.3 is 0 Å². The summed E-state index contributed by atoms with van der Waals surface area (Å²) in [5.41, 5.74) is 0.922. The minimum atomic E-state index is -0.153. The minimum Gasteiger partial charge on any atom is -0.494 e. The normalized spacial score (nSPS) is 11.9. The maximum Gasteiger partial charge on any atom is 0.224 e. The summed E-state index contributed by atoms with van der Waals surface area (Å²) >= 11 is 0. The van der Waals surface area contributed by atoms with Crippen molar-refractivity contribution in [2.24, 2.45) is 0 Å². The van der Waals surface area contributed by atoms with Crippen molar-refractivity contribution < 1.29 is 19.4 Å². The van der Waals surface area contributed by atoms with Crippen LogP contribution in [0.2, 0.25) is 0 Å². The molecule has 5 heteroatoms. The van der Waals surface area contributed by atoms with E-state index in [4.69, 9.17) is 14.6 Å². The molecule has 1 amide bonds. The van der Waals surface area contributed by atoms with E-state index in [2.05, 4.69) is 5.32 Å². The number of aliphatic hydroxyl groups excluding tert-OH is 1. The van der Waals surface area contributed by atoms with E-state index < -0.39 is 0 Å². The lowest BCUT2D eigenvalue weighted by atomic mass is 10.1. The standard InChI is InChI=1S/C15H23NO4/c1-3-20-14-6-4-12(5-7-14)10-15(18)16-13(8-9-17)11-19-2/h4-7,13,17H,3,8-11H2,1-2H3,(H,16,18). The first-order valence-electron chi connectivity index (χ1n) is 6.80. The number of hydrogen-bond donors (Lipinski definition) is 2. The molecule has 0 fully saturated rings. The zero-order valence-electron chi connectivity index (χ0n) is 12.1. The number of nitrogens with one attached hydrogen (secondary N) is 1. The Morgan fingerprint density at radius 3 is 2.60 bits per heavy atom. The van der Waals surface area contributed by atoms with Crippen LogP contribution in [0, 0.1) is 0 Å². The minimum absolute atomic E-state index is 0.0252. The molecule has 1 aromatic rings. The number of methoxy groups -OCH3 is 1. The van der Waals surface area contributed by atoms with E-state index in [0.717, 1.165) is 11.3 Å². The average Bonchev–Trinajstić information content (AvgIpc) is 2.42. The number of carbonyl (C=O) groups excluding carboxylic acids is 1. The van der Waals surface area contributed by atoms with Gasteiger partial charge in [0.2, 0.25) is 5.91 Å². The number of carbonyl (C=O) groups is 1. The maximum atomic E-state index is 11.9. The number of aliphatic hydroxyl groups is 1. The lowest BCUT2D eigenvalue weighted by molar-refractivity contribution is -0.121. The van der Waals surface area contributed by atoms with Crippen LogP contribution in [-0.2, 0) is 16.0 Å². The van der Waals surface area contributed by atoms with Gasteiger partial charge in [-0.2, -0.15) is 0 Å². The maximum absolute atomic E-state index is 11.9. The van der Waals surface area contributed by atoms with Crippen molar-refractivity contribution in [3.05, 3.63) is 29.8 Å². The Morgan fingerprint density at radius 2 is 2.05 bits per heavy atom. The second kappa shape index (κ2) is 9.34. The second-order valence-corrected chi connectivity index (χ2v) is 4.49. The monoisotopic (exact) mass is 281 g/mol. The zero-order valence-corrected chi connectivity index (χ0v) is 12.1.